The summed E-state index contributed by atoms with van der Waals surface area (Å²) in [5.41, 5.74) is 2.73. The Morgan fingerprint density at radius 2 is 1.88 bits per heavy atom. The molecule has 0 radical (unpaired) electrons. The SMILES string of the molecule is COc1cc2c(cc1OCC1CCS(=O)(=O)CC1)CCN1C[C@@H](CC(C)(C)C)[C@H](O)C[C@H]21. The van der Waals surface area contributed by atoms with Crippen LogP contribution in [0.1, 0.15) is 63.6 Å². The average Bonchev–Trinajstić information content (AvgIpc) is 2.72. The Bertz CT molecular complexity index is 909. The molecule has 0 bridgehead atoms. The summed E-state index contributed by atoms with van der Waals surface area (Å²) < 4.78 is 35.2. The lowest BCUT2D eigenvalue weighted by Gasteiger charge is -2.47. The van der Waals surface area contributed by atoms with Crippen molar-refractivity contribution in [3.05, 3.63) is 23.3 Å². The van der Waals surface area contributed by atoms with E-state index in [9.17, 15) is 13.5 Å². The van der Waals surface area contributed by atoms with Crippen LogP contribution in [0, 0.1) is 17.3 Å². The Labute approximate surface area is 193 Å². The Morgan fingerprint density at radius 1 is 1.16 bits per heavy atom. The predicted molar refractivity (Wildman–Crippen MR) is 126 cm³/mol. The molecule has 0 aliphatic carbocycles. The molecule has 4 rings (SSSR count). The first-order chi connectivity index (χ1) is 15.0. The zero-order valence-electron chi connectivity index (χ0n) is 20.0. The van der Waals surface area contributed by atoms with Crippen LogP contribution in [0.25, 0.3) is 0 Å². The van der Waals surface area contributed by atoms with Crippen molar-refractivity contribution in [2.24, 2.45) is 17.3 Å². The Kier molecular flexibility index (Phi) is 6.81. The van der Waals surface area contributed by atoms with Crippen molar-refractivity contribution in [3.63, 3.8) is 0 Å². The Morgan fingerprint density at radius 3 is 2.53 bits per heavy atom. The molecule has 6 nitrogen and oxygen atoms in total. The van der Waals surface area contributed by atoms with E-state index in [1.165, 1.54) is 11.1 Å². The third-order valence-electron chi connectivity index (χ3n) is 7.39. The molecule has 3 atom stereocenters. The van der Waals surface area contributed by atoms with Gasteiger partial charge in [0.15, 0.2) is 11.5 Å². The van der Waals surface area contributed by atoms with Gasteiger partial charge in [0.25, 0.3) is 0 Å². The lowest BCUT2D eigenvalue weighted by molar-refractivity contribution is -0.0259. The number of sulfone groups is 1. The maximum absolute atomic E-state index is 11.7. The first kappa shape index (κ1) is 23.8. The second-order valence-electron chi connectivity index (χ2n) is 11.2. The number of benzene rings is 1. The minimum absolute atomic E-state index is 0.212. The molecular formula is C25H39NO5S. The zero-order chi connectivity index (χ0) is 23.1. The van der Waals surface area contributed by atoms with E-state index in [2.05, 4.69) is 37.8 Å². The largest absolute Gasteiger partial charge is 0.493 e. The fourth-order valence-electron chi connectivity index (χ4n) is 5.67. The van der Waals surface area contributed by atoms with Gasteiger partial charge in [-0.15, -0.1) is 0 Å². The van der Waals surface area contributed by atoms with Crippen LogP contribution >= 0.6 is 0 Å². The molecule has 0 amide bonds. The van der Waals surface area contributed by atoms with Crippen molar-refractivity contribution in [1.82, 2.24) is 4.90 Å². The van der Waals surface area contributed by atoms with Gasteiger partial charge in [0.05, 0.1) is 31.3 Å². The number of nitrogens with zero attached hydrogens (tertiary/aromatic N) is 1. The first-order valence-corrected chi connectivity index (χ1v) is 13.8. The highest BCUT2D eigenvalue weighted by Gasteiger charge is 2.40. The van der Waals surface area contributed by atoms with E-state index < -0.39 is 9.84 Å². The number of fused-ring (bicyclic) bond motifs is 3. The van der Waals surface area contributed by atoms with Crippen LogP contribution in [-0.4, -0.2) is 62.8 Å². The van der Waals surface area contributed by atoms with Crippen LogP contribution in [0.5, 0.6) is 11.5 Å². The van der Waals surface area contributed by atoms with E-state index in [4.69, 9.17) is 9.47 Å². The van der Waals surface area contributed by atoms with Gasteiger partial charge in [0.2, 0.25) is 0 Å². The first-order valence-electron chi connectivity index (χ1n) is 12.0. The molecule has 3 aliphatic rings. The number of rotatable bonds is 5. The monoisotopic (exact) mass is 465 g/mol. The Hall–Kier alpha value is -1.31. The van der Waals surface area contributed by atoms with Crippen molar-refractivity contribution < 1.29 is 23.0 Å². The smallest absolute Gasteiger partial charge is 0.161 e. The molecule has 32 heavy (non-hydrogen) atoms. The van der Waals surface area contributed by atoms with Crippen LogP contribution in [0.15, 0.2) is 12.1 Å². The number of ether oxygens (including phenoxy) is 2. The molecular weight excluding hydrogens is 426 g/mol. The molecule has 2 fully saturated rings. The quantitative estimate of drug-likeness (QED) is 0.716. The van der Waals surface area contributed by atoms with E-state index in [1.54, 1.807) is 7.11 Å². The number of methoxy groups -OCH3 is 1. The molecule has 1 aromatic carbocycles. The van der Waals surface area contributed by atoms with Crippen molar-refractivity contribution >= 4 is 9.84 Å². The second-order valence-corrected chi connectivity index (χ2v) is 13.5. The number of piperidine rings is 1. The molecule has 1 aromatic rings. The van der Waals surface area contributed by atoms with Crippen LogP contribution in [0.3, 0.4) is 0 Å². The van der Waals surface area contributed by atoms with E-state index in [-0.39, 0.29) is 35.0 Å². The summed E-state index contributed by atoms with van der Waals surface area (Å²) in [6, 6.07) is 4.43. The summed E-state index contributed by atoms with van der Waals surface area (Å²) in [6.45, 7) is 9.19. The highest BCUT2D eigenvalue weighted by Crippen LogP contribution is 2.44. The minimum Gasteiger partial charge on any atom is -0.493 e. The third kappa shape index (κ3) is 5.42. The number of aliphatic hydroxyl groups is 1. The summed E-state index contributed by atoms with van der Waals surface area (Å²) in [7, 11) is -1.19. The predicted octanol–water partition coefficient (Wildman–Crippen LogP) is 3.62. The van der Waals surface area contributed by atoms with E-state index in [0.717, 1.165) is 43.9 Å². The van der Waals surface area contributed by atoms with Crippen molar-refractivity contribution in [2.75, 3.05) is 38.3 Å². The summed E-state index contributed by atoms with van der Waals surface area (Å²) in [6.07, 6.45) is 3.80. The van der Waals surface area contributed by atoms with Gasteiger partial charge in [-0.3, -0.25) is 4.90 Å². The van der Waals surface area contributed by atoms with Gasteiger partial charge in [0.1, 0.15) is 9.84 Å². The fourth-order valence-corrected chi connectivity index (χ4v) is 7.26. The molecule has 180 valence electrons. The number of hydrogen-bond acceptors (Lipinski definition) is 6. The molecule has 0 unspecified atom stereocenters. The molecule has 0 saturated carbocycles. The average molecular weight is 466 g/mol. The lowest BCUT2D eigenvalue weighted by atomic mass is 9.75. The van der Waals surface area contributed by atoms with Gasteiger partial charge in [-0.05, 0) is 72.6 Å². The van der Waals surface area contributed by atoms with Crippen LogP contribution in [-0.2, 0) is 16.3 Å². The molecule has 2 saturated heterocycles. The van der Waals surface area contributed by atoms with Crippen LogP contribution in [0.2, 0.25) is 0 Å². The number of hydrogen-bond donors (Lipinski definition) is 1. The van der Waals surface area contributed by atoms with Gasteiger partial charge < -0.3 is 14.6 Å². The topological polar surface area (TPSA) is 76.1 Å². The van der Waals surface area contributed by atoms with Crippen LogP contribution < -0.4 is 9.47 Å². The summed E-state index contributed by atoms with van der Waals surface area (Å²) in [5, 5.41) is 10.9. The third-order valence-corrected chi connectivity index (χ3v) is 9.11. The van der Waals surface area contributed by atoms with Crippen molar-refractivity contribution in [2.45, 2.75) is 65.0 Å². The van der Waals surface area contributed by atoms with Gasteiger partial charge in [-0.25, -0.2) is 8.42 Å². The van der Waals surface area contributed by atoms with Gasteiger partial charge in [-0.1, -0.05) is 20.8 Å². The summed E-state index contributed by atoms with van der Waals surface area (Å²) in [4.78, 5) is 2.54. The maximum atomic E-state index is 11.7. The van der Waals surface area contributed by atoms with E-state index in [1.807, 2.05) is 0 Å². The molecule has 1 N–H and O–H groups in total. The molecule has 3 aliphatic heterocycles. The summed E-state index contributed by atoms with van der Waals surface area (Å²) >= 11 is 0. The van der Waals surface area contributed by atoms with Gasteiger partial charge >= 0.3 is 0 Å². The van der Waals surface area contributed by atoms with Crippen LogP contribution in [0.4, 0.5) is 0 Å². The van der Waals surface area contributed by atoms with Crippen molar-refractivity contribution in [3.8, 4) is 11.5 Å². The van der Waals surface area contributed by atoms with Crippen molar-refractivity contribution in [1.29, 1.82) is 0 Å². The normalized spacial score (nSPS) is 28.6. The molecule has 3 heterocycles. The second kappa shape index (κ2) is 9.15. The molecule has 0 spiro atoms. The van der Waals surface area contributed by atoms with Gasteiger partial charge in [-0.2, -0.15) is 0 Å². The number of aliphatic hydroxyl groups excluding tert-OH is 1. The van der Waals surface area contributed by atoms with Gasteiger partial charge in [0, 0.05) is 19.1 Å². The Balaban J connectivity index is 1.47. The molecule has 0 aromatic heterocycles. The highest BCUT2D eigenvalue weighted by molar-refractivity contribution is 7.91. The maximum Gasteiger partial charge on any atom is 0.161 e. The lowest BCUT2D eigenvalue weighted by Crippen LogP contribution is -2.48. The molecule has 7 heteroatoms. The minimum atomic E-state index is -2.86. The standard InChI is InChI=1S/C25H39NO5S/c1-25(2,3)14-19-15-26-8-5-18-11-24(31-16-17-6-9-32(28,29)10-7-17)23(30-4)12-20(18)21(26)13-22(19)27/h11-12,17,19,21-22,27H,5-10,13-16H2,1-4H3/t19-,21-,22-/m1/s1. The fraction of sp³-hybridized carbons (Fsp3) is 0.760. The highest BCUT2D eigenvalue weighted by atomic mass is 32.2. The zero-order valence-corrected chi connectivity index (χ0v) is 20.8. The van der Waals surface area contributed by atoms with E-state index in [0.29, 0.717) is 25.4 Å². The van der Waals surface area contributed by atoms with E-state index >= 15 is 0 Å². The summed E-state index contributed by atoms with van der Waals surface area (Å²) in [5.74, 6) is 2.58.